The summed E-state index contributed by atoms with van der Waals surface area (Å²) in [5.74, 6) is 0.596. The first-order valence-electron chi connectivity index (χ1n) is 5.30. The quantitative estimate of drug-likeness (QED) is 0.795. The molecule has 0 aromatic heterocycles. The Labute approximate surface area is 101 Å². The average Bonchev–Trinajstić information content (AvgIpc) is 2.26. The highest BCUT2D eigenvalue weighted by Crippen LogP contribution is 2.22. The number of amides is 2. The Morgan fingerprint density at radius 2 is 1.88 bits per heavy atom. The van der Waals surface area contributed by atoms with Crippen molar-refractivity contribution in [1.82, 2.24) is 5.48 Å². The van der Waals surface area contributed by atoms with Gasteiger partial charge in [-0.2, -0.15) is 0 Å². The van der Waals surface area contributed by atoms with Crippen molar-refractivity contribution in [3.8, 4) is 5.75 Å². The molecule has 0 spiro atoms. The maximum atomic E-state index is 11.5. The first-order chi connectivity index (χ1) is 7.92. The standard InChI is InChI=1S/C12H18N2O3/c1-12(2,3)17-14-11(15)13-9-7-5-6-8-10(9)16-4/h5-8H,1-4H3,(H2,13,14,15). The number of methoxy groups -OCH3 is 1. The van der Waals surface area contributed by atoms with Crippen molar-refractivity contribution < 1.29 is 14.4 Å². The summed E-state index contributed by atoms with van der Waals surface area (Å²) in [5, 5.41) is 2.63. The summed E-state index contributed by atoms with van der Waals surface area (Å²) in [6.45, 7) is 5.53. The molecule has 94 valence electrons. The largest absolute Gasteiger partial charge is 0.495 e. The number of carbonyl (C=O) groups is 1. The van der Waals surface area contributed by atoms with Gasteiger partial charge in [-0.25, -0.2) is 10.3 Å². The molecule has 2 amide bonds. The van der Waals surface area contributed by atoms with E-state index in [1.165, 1.54) is 0 Å². The van der Waals surface area contributed by atoms with Crippen molar-refractivity contribution in [2.24, 2.45) is 0 Å². The van der Waals surface area contributed by atoms with Gasteiger partial charge >= 0.3 is 6.03 Å². The molecule has 0 unspecified atom stereocenters. The van der Waals surface area contributed by atoms with Crippen molar-refractivity contribution >= 4 is 11.7 Å². The monoisotopic (exact) mass is 238 g/mol. The number of rotatable bonds is 3. The lowest BCUT2D eigenvalue weighted by Crippen LogP contribution is -2.36. The molecule has 5 nitrogen and oxygen atoms in total. The predicted octanol–water partition coefficient (Wildman–Crippen LogP) is 2.55. The van der Waals surface area contributed by atoms with Crippen molar-refractivity contribution in [3.05, 3.63) is 24.3 Å². The summed E-state index contributed by atoms with van der Waals surface area (Å²) in [5.41, 5.74) is 2.47. The maximum Gasteiger partial charge on any atom is 0.343 e. The van der Waals surface area contributed by atoms with E-state index in [0.29, 0.717) is 11.4 Å². The number of anilines is 1. The van der Waals surface area contributed by atoms with E-state index in [0.717, 1.165) is 0 Å². The van der Waals surface area contributed by atoms with E-state index in [9.17, 15) is 4.79 Å². The second kappa shape index (κ2) is 5.54. The summed E-state index contributed by atoms with van der Waals surface area (Å²) in [4.78, 5) is 16.7. The highest BCUT2D eigenvalue weighted by Gasteiger charge is 2.13. The third kappa shape index (κ3) is 4.74. The molecule has 0 fully saturated rings. The molecule has 1 aromatic carbocycles. The third-order valence-electron chi connectivity index (χ3n) is 1.81. The van der Waals surface area contributed by atoms with Gasteiger partial charge in [0.05, 0.1) is 18.4 Å². The molecule has 0 aliphatic heterocycles. The number of benzene rings is 1. The van der Waals surface area contributed by atoms with E-state index in [4.69, 9.17) is 9.57 Å². The Morgan fingerprint density at radius 1 is 1.24 bits per heavy atom. The number of ether oxygens (including phenoxy) is 1. The van der Waals surface area contributed by atoms with E-state index >= 15 is 0 Å². The molecule has 0 aliphatic rings. The number of hydrogen-bond donors (Lipinski definition) is 2. The molecule has 1 rings (SSSR count). The lowest BCUT2D eigenvalue weighted by Gasteiger charge is -2.19. The van der Waals surface area contributed by atoms with Crippen LogP contribution in [0.25, 0.3) is 0 Å². The minimum Gasteiger partial charge on any atom is -0.495 e. The molecule has 0 atom stereocenters. The average molecular weight is 238 g/mol. The summed E-state index contributed by atoms with van der Waals surface area (Å²) in [7, 11) is 1.55. The SMILES string of the molecule is COc1ccccc1NC(=O)NOC(C)(C)C. The van der Waals surface area contributed by atoms with Gasteiger partial charge in [0.2, 0.25) is 0 Å². The van der Waals surface area contributed by atoms with Gasteiger partial charge in [-0.15, -0.1) is 0 Å². The van der Waals surface area contributed by atoms with E-state index < -0.39 is 11.6 Å². The third-order valence-corrected chi connectivity index (χ3v) is 1.81. The van der Waals surface area contributed by atoms with Crippen molar-refractivity contribution in [3.63, 3.8) is 0 Å². The number of urea groups is 1. The fourth-order valence-corrected chi connectivity index (χ4v) is 1.10. The Morgan fingerprint density at radius 3 is 2.47 bits per heavy atom. The van der Waals surface area contributed by atoms with Gasteiger partial charge in [-0.05, 0) is 32.9 Å². The number of nitrogens with one attached hydrogen (secondary N) is 2. The molecule has 0 saturated heterocycles. The molecule has 0 saturated carbocycles. The van der Waals surface area contributed by atoms with Crippen LogP contribution in [0.15, 0.2) is 24.3 Å². The first-order valence-corrected chi connectivity index (χ1v) is 5.30. The van der Waals surface area contributed by atoms with E-state index in [2.05, 4.69) is 10.8 Å². The molecular formula is C12H18N2O3. The Kier molecular flexibility index (Phi) is 4.34. The number of carbonyl (C=O) groups excluding carboxylic acids is 1. The second-order valence-electron chi connectivity index (χ2n) is 4.47. The van der Waals surface area contributed by atoms with Gasteiger partial charge in [0.15, 0.2) is 0 Å². The van der Waals surface area contributed by atoms with Gasteiger partial charge in [0.25, 0.3) is 0 Å². The van der Waals surface area contributed by atoms with E-state index in [1.807, 2.05) is 32.9 Å². The predicted molar refractivity (Wildman–Crippen MR) is 66.0 cm³/mol. The molecular weight excluding hydrogens is 220 g/mol. The fourth-order valence-electron chi connectivity index (χ4n) is 1.10. The first kappa shape index (κ1) is 13.3. The summed E-state index contributed by atoms with van der Waals surface area (Å²) < 4.78 is 5.11. The lowest BCUT2D eigenvalue weighted by molar-refractivity contribution is -0.0505. The molecule has 0 heterocycles. The highest BCUT2D eigenvalue weighted by molar-refractivity contribution is 5.90. The smallest absolute Gasteiger partial charge is 0.343 e. The summed E-state index contributed by atoms with van der Waals surface area (Å²) in [6, 6.07) is 6.70. The molecule has 0 bridgehead atoms. The minimum atomic E-state index is -0.440. The Hall–Kier alpha value is -1.75. The Bertz CT molecular complexity index is 386. The minimum absolute atomic E-state index is 0.432. The van der Waals surface area contributed by atoms with Crippen LogP contribution in [-0.2, 0) is 4.84 Å². The topological polar surface area (TPSA) is 59.6 Å². The van der Waals surface area contributed by atoms with Crippen LogP contribution in [0.5, 0.6) is 5.75 Å². The lowest BCUT2D eigenvalue weighted by atomic mass is 10.2. The molecule has 0 aliphatic carbocycles. The van der Waals surface area contributed by atoms with Gasteiger partial charge in [-0.3, -0.25) is 4.84 Å². The van der Waals surface area contributed by atoms with Crippen LogP contribution in [0, 0.1) is 0 Å². The molecule has 5 heteroatoms. The Balaban J connectivity index is 2.56. The van der Waals surface area contributed by atoms with Crippen LogP contribution in [0.1, 0.15) is 20.8 Å². The van der Waals surface area contributed by atoms with E-state index in [1.54, 1.807) is 19.2 Å². The van der Waals surface area contributed by atoms with Gasteiger partial charge in [-0.1, -0.05) is 12.1 Å². The van der Waals surface area contributed by atoms with E-state index in [-0.39, 0.29) is 0 Å². The highest BCUT2D eigenvalue weighted by atomic mass is 16.7. The maximum absolute atomic E-state index is 11.5. The van der Waals surface area contributed by atoms with Crippen molar-refractivity contribution in [2.45, 2.75) is 26.4 Å². The fraction of sp³-hybridized carbons (Fsp3) is 0.417. The zero-order valence-corrected chi connectivity index (χ0v) is 10.5. The molecule has 1 aromatic rings. The van der Waals surface area contributed by atoms with Crippen LogP contribution >= 0.6 is 0 Å². The molecule has 0 radical (unpaired) electrons. The van der Waals surface area contributed by atoms with Gasteiger partial charge in [0.1, 0.15) is 5.75 Å². The van der Waals surface area contributed by atoms with Crippen LogP contribution in [0.2, 0.25) is 0 Å². The number of hydrogen-bond acceptors (Lipinski definition) is 3. The van der Waals surface area contributed by atoms with Crippen LogP contribution in [0.4, 0.5) is 10.5 Å². The second-order valence-corrected chi connectivity index (χ2v) is 4.47. The molecule has 17 heavy (non-hydrogen) atoms. The summed E-state index contributed by atoms with van der Waals surface area (Å²) >= 11 is 0. The normalized spacial score (nSPS) is 10.8. The van der Waals surface area contributed by atoms with Crippen LogP contribution in [-0.4, -0.2) is 18.7 Å². The number of hydroxylamine groups is 1. The van der Waals surface area contributed by atoms with Crippen molar-refractivity contribution in [1.29, 1.82) is 0 Å². The van der Waals surface area contributed by atoms with Crippen molar-refractivity contribution in [2.75, 3.05) is 12.4 Å². The van der Waals surface area contributed by atoms with Crippen LogP contribution < -0.4 is 15.5 Å². The van der Waals surface area contributed by atoms with Gasteiger partial charge in [0, 0.05) is 0 Å². The van der Waals surface area contributed by atoms with Crippen LogP contribution in [0.3, 0.4) is 0 Å². The zero-order chi connectivity index (χ0) is 12.9. The zero-order valence-electron chi connectivity index (χ0n) is 10.5. The summed E-state index contributed by atoms with van der Waals surface area (Å²) in [6.07, 6.45) is 0. The van der Waals surface area contributed by atoms with Gasteiger partial charge < -0.3 is 10.1 Å². The molecule has 2 N–H and O–H groups in total. The number of para-hydroxylation sites is 2.